The lowest BCUT2D eigenvalue weighted by Crippen LogP contribution is -2.41. The Morgan fingerprint density at radius 3 is 3.08 bits per heavy atom. The van der Waals surface area contributed by atoms with Crippen LogP contribution in [0.4, 0.5) is 5.82 Å². The fourth-order valence-corrected chi connectivity index (χ4v) is 3.59. The first-order chi connectivity index (χ1) is 12.2. The molecule has 7 nitrogen and oxygen atoms in total. The van der Waals surface area contributed by atoms with Crippen molar-refractivity contribution in [1.29, 1.82) is 0 Å². The first-order valence-electron chi connectivity index (χ1n) is 8.18. The number of likely N-dealkylation sites (tertiary alicyclic amines) is 1. The van der Waals surface area contributed by atoms with Crippen LogP contribution in [0.3, 0.4) is 0 Å². The van der Waals surface area contributed by atoms with E-state index in [2.05, 4.69) is 37.7 Å². The van der Waals surface area contributed by atoms with Gasteiger partial charge in [-0.05, 0) is 36.9 Å². The summed E-state index contributed by atoms with van der Waals surface area (Å²) in [6.45, 7) is 3.11. The van der Waals surface area contributed by atoms with Crippen molar-refractivity contribution < 1.29 is 10.0 Å². The van der Waals surface area contributed by atoms with Gasteiger partial charge in [-0.2, -0.15) is 0 Å². The van der Waals surface area contributed by atoms with Gasteiger partial charge in [0, 0.05) is 30.1 Å². The predicted molar refractivity (Wildman–Crippen MR) is 97.2 cm³/mol. The minimum atomic E-state index is -0.600. The highest BCUT2D eigenvalue weighted by Crippen LogP contribution is 2.18. The lowest BCUT2D eigenvalue weighted by molar-refractivity contribution is -0.124. The number of piperidine rings is 1. The highest BCUT2D eigenvalue weighted by atomic mass is 32.1. The Labute approximate surface area is 150 Å². The Balaban J connectivity index is 1.53. The third kappa shape index (κ3) is 5.35. The maximum atomic E-state index is 10.9. The zero-order chi connectivity index (χ0) is 17.5. The molecule has 2 aromatic heterocycles. The standard InChI is InChI=1S/C17H21N5O2S/c23-17(21-24)6-5-13-9-19-16(10-18-13)20-14-3-1-7-22(11-14)12-15-4-2-8-25-15/h2,4-6,8-10,14,24H,1,3,7,11-12H2,(H,19,20)(H,21,23)/t14-/m1/s1. The second-order valence-corrected chi connectivity index (χ2v) is 6.97. The van der Waals surface area contributed by atoms with Crippen LogP contribution in [0.15, 0.2) is 36.0 Å². The molecule has 0 aliphatic carbocycles. The van der Waals surface area contributed by atoms with E-state index in [-0.39, 0.29) is 0 Å². The number of nitrogens with one attached hydrogen (secondary N) is 2. The van der Waals surface area contributed by atoms with Gasteiger partial charge in [0.2, 0.25) is 0 Å². The van der Waals surface area contributed by atoms with Gasteiger partial charge in [-0.15, -0.1) is 11.3 Å². The third-order valence-corrected chi connectivity index (χ3v) is 4.87. The van der Waals surface area contributed by atoms with Crippen LogP contribution in [0.25, 0.3) is 6.08 Å². The summed E-state index contributed by atoms with van der Waals surface area (Å²) in [4.78, 5) is 23.4. The van der Waals surface area contributed by atoms with Crippen LogP contribution in [0.2, 0.25) is 0 Å². The number of anilines is 1. The van der Waals surface area contributed by atoms with Crippen molar-refractivity contribution in [2.24, 2.45) is 0 Å². The number of aromatic nitrogens is 2. The lowest BCUT2D eigenvalue weighted by Gasteiger charge is -2.33. The smallest absolute Gasteiger partial charge is 0.267 e. The van der Waals surface area contributed by atoms with Gasteiger partial charge in [-0.1, -0.05) is 6.07 Å². The molecule has 3 rings (SSSR count). The molecule has 8 heteroatoms. The summed E-state index contributed by atoms with van der Waals surface area (Å²) in [5, 5.41) is 14.0. The van der Waals surface area contributed by atoms with Gasteiger partial charge < -0.3 is 5.32 Å². The Morgan fingerprint density at radius 1 is 1.44 bits per heavy atom. The topological polar surface area (TPSA) is 90.4 Å². The fourth-order valence-electron chi connectivity index (χ4n) is 2.85. The molecule has 2 aromatic rings. The number of nitrogens with zero attached hydrogens (tertiary/aromatic N) is 3. The van der Waals surface area contributed by atoms with Crippen molar-refractivity contribution >= 4 is 29.1 Å². The molecule has 0 saturated carbocycles. The Kier molecular flexibility index (Phi) is 6.10. The molecule has 132 valence electrons. The Morgan fingerprint density at radius 2 is 2.36 bits per heavy atom. The molecule has 0 spiro atoms. The molecule has 1 aliphatic heterocycles. The molecule has 1 aliphatic rings. The summed E-state index contributed by atoms with van der Waals surface area (Å²) in [7, 11) is 0. The van der Waals surface area contributed by atoms with Crippen LogP contribution in [0.1, 0.15) is 23.4 Å². The molecule has 1 fully saturated rings. The molecular weight excluding hydrogens is 338 g/mol. The number of carbonyl (C=O) groups excluding carboxylic acids is 1. The molecule has 1 saturated heterocycles. The van der Waals surface area contributed by atoms with Crippen LogP contribution in [-0.4, -0.2) is 45.1 Å². The number of hydroxylamine groups is 1. The molecule has 1 atom stereocenters. The van der Waals surface area contributed by atoms with Crippen molar-refractivity contribution in [2.75, 3.05) is 18.4 Å². The van der Waals surface area contributed by atoms with Crippen molar-refractivity contribution in [2.45, 2.75) is 25.4 Å². The molecule has 1 amide bonds. The number of carbonyl (C=O) groups is 1. The maximum absolute atomic E-state index is 10.9. The van der Waals surface area contributed by atoms with E-state index in [9.17, 15) is 4.79 Å². The van der Waals surface area contributed by atoms with Crippen molar-refractivity contribution in [1.82, 2.24) is 20.3 Å². The van der Waals surface area contributed by atoms with E-state index < -0.39 is 5.91 Å². The minimum Gasteiger partial charge on any atom is -0.365 e. The number of hydrogen-bond acceptors (Lipinski definition) is 7. The number of hydrogen-bond donors (Lipinski definition) is 3. The minimum absolute atomic E-state index is 0.351. The zero-order valence-electron chi connectivity index (χ0n) is 13.8. The van der Waals surface area contributed by atoms with Gasteiger partial charge in [0.1, 0.15) is 5.82 Å². The molecule has 25 heavy (non-hydrogen) atoms. The summed E-state index contributed by atoms with van der Waals surface area (Å²) < 4.78 is 0. The molecule has 3 heterocycles. The van der Waals surface area contributed by atoms with Crippen LogP contribution >= 0.6 is 11.3 Å². The predicted octanol–water partition coefficient (Wildman–Crippen LogP) is 2.13. The maximum Gasteiger partial charge on any atom is 0.267 e. The van der Waals surface area contributed by atoms with Gasteiger partial charge in [-0.3, -0.25) is 19.9 Å². The Hall–Kier alpha value is -2.29. The molecule has 0 radical (unpaired) electrons. The van der Waals surface area contributed by atoms with E-state index in [1.807, 2.05) is 0 Å². The average Bonchev–Trinajstić information content (AvgIpc) is 3.14. The van der Waals surface area contributed by atoms with Crippen LogP contribution in [-0.2, 0) is 11.3 Å². The van der Waals surface area contributed by atoms with E-state index in [1.165, 1.54) is 22.5 Å². The van der Waals surface area contributed by atoms with E-state index in [0.717, 1.165) is 38.3 Å². The molecule has 3 N–H and O–H groups in total. The fraction of sp³-hybridized carbons (Fsp3) is 0.353. The average molecular weight is 359 g/mol. The first kappa shape index (κ1) is 17.5. The molecular formula is C17H21N5O2S. The summed E-state index contributed by atoms with van der Waals surface area (Å²) in [6, 6.07) is 4.62. The summed E-state index contributed by atoms with van der Waals surface area (Å²) >= 11 is 1.80. The monoisotopic (exact) mass is 359 g/mol. The van der Waals surface area contributed by atoms with E-state index >= 15 is 0 Å². The van der Waals surface area contributed by atoms with Crippen LogP contribution in [0.5, 0.6) is 0 Å². The number of amides is 1. The summed E-state index contributed by atoms with van der Waals surface area (Å²) in [6.07, 6.45) is 8.21. The van der Waals surface area contributed by atoms with E-state index in [0.29, 0.717) is 11.7 Å². The van der Waals surface area contributed by atoms with Gasteiger partial charge in [0.05, 0.1) is 18.1 Å². The first-order valence-corrected chi connectivity index (χ1v) is 9.06. The summed E-state index contributed by atoms with van der Waals surface area (Å²) in [5.74, 6) is 0.128. The van der Waals surface area contributed by atoms with Crippen LogP contribution in [0, 0.1) is 0 Å². The molecule has 0 bridgehead atoms. The summed E-state index contributed by atoms with van der Waals surface area (Å²) in [5.41, 5.74) is 2.08. The van der Waals surface area contributed by atoms with Crippen molar-refractivity contribution in [3.63, 3.8) is 0 Å². The Bertz CT molecular complexity index is 702. The second kappa shape index (κ2) is 8.70. The number of rotatable bonds is 6. The van der Waals surface area contributed by atoms with Gasteiger partial charge >= 0.3 is 0 Å². The highest BCUT2D eigenvalue weighted by molar-refractivity contribution is 7.09. The normalized spacial score (nSPS) is 18.4. The van der Waals surface area contributed by atoms with Crippen LogP contribution < -0.4 is 10.8 Å². The largest absolute Gasteiger partial charge is 0.365 e. The highest BCUT2D eigenvalue weighted by Gasteiger charge is 2.20. The van der Waals surface area contributed by atoms with Gasteiger partial charge in [-0.25, -0.2) is 10.5 Å². The lowest BCUT2D eigenvalue weighted by atomic mass is 10.1. The van der Waals surface area contributed by atoms with E-state index in [4.69, 9.17) is 5.21 Å². The molecule has 0 unspecified atom stereocenters. The van der Waals surface area contributed by atoms with Crippen molar-refractivity contribution in [3.05, 3.63) is 46.6 Å². The number of thiophene rings is 1. The van der Waals surface area contributed by atoms with Gasteiger partial charge in [0.15, 0.2) is 0 Å². The quantitative estimate of drug-likeness (QED) is 0.416. The second-order valence-electron chi connectivity index (χ2n) is 5.93. The van der Waals surface area contributed by atoms with Crippen molar-refractivity contribution in [3.8, 4) is 0 Å². The third-order valence-electron chi connectivity index (χ3n) is 4.00. The SMILES string of the molecule is O=C(C=Cc1cnc(N[C@@H]2CCCN(Cc3cccs3)C2)cn1)NO. The molecule has 0 aromatic carbocycles. The van der Waals surface area contributed by atoms with E-state index in [1.54, 1.807) is 23.7 Å². The van der Waals surface area contributed by atoms with Gasteiger partial charge in [0.25, 0.3) is 5.91 Å². The zero-order valence-corrected chi connectivity index (χ0v) is 14.6.